The first kappa shape index (κ1) is 15.6. The summed E-state index contributed by atoms with van der Waals surface area (Å²) in [6.07, 6.45) is 1.35. The fourth-order valence-electron chi connectivity index (χ4n) is 1.69. The van der Waals surface area contributed by atoms with Crippen molar-refractivity contribution in [2.24, 2.45) is 0 Å². The number of benzene rings is 2. The Hall–Kier alpha value is -1.79. The molecule has 0 aliphatic carbocycles. The van der Waals surface area contributed by atoms with Crippen molar-refractivity contribution in [2.75, 3.05) is 11.6 Å². The van der Waals surface area contributed by atoms with Crippen LogP contribution in [0.3, 0.4) is 0 Å². The quantitative estimate of drug-likeness (QED) is 0.935. The van der Waals surface area contributed by atoms with Crippen LogP contribution in [0.5, 0.6) is 0 Å². The van der Waals surface area contributed by atoms with Gasteiger partial charge in [0, 0.05) is 11.9 Å². The molecule has 2 aromatic carbocycles. The van der Waals surface area contributed by atoms with E-state index < -0.39 is 28.3 Å². The molecule has 2 aromatic rings. The Kier molecular flexibility index (Phi) is 4.69. The number of carbonyl (C=O) groups is 1. The molecule has 0 aliphatic heterocycles. The van der Waals surface area contributed by atoms with Crippen LogP contribution in [0.1, 0.15) is 10.4 Å². The highest BCUT2D eigenvalue weighted by Crippen LogP contribution is 2.21. The molecule has 0 saturated heterocycles. The Balaban J connectivity index is 2.26. The minimum absolute atomic E-state index is 0.0296. The van der Waals surface area contributed by atoms with Crippen LogP contribution in [-0.4, -0.2) is 16.4 Å². The molecule has 0 saturated carbocycles. The number of amides is 1. The molecule has 0 aromatic heterocycles. The van der Waals surface area contributed by atoms with E-state index in [1.165, 1.54) is 36.6 Å². The lowest BCUT2D eigenvalue weighted by atomic mass is 10.2. The van der Waals surface area contributed by atoms with Gasteiger partial charge in [-0.1, -0.05) is 17.7 Å². The third kappa shape index (κ3) is 3.46. The number of rotatable bonds is 3. The number of nitrogens with one attached hydrogen (secondary N) is 1. The second kappa shape index (κ2) is 6.32. The third-order valence-corrected chi connectivity index (χ3v) is 3.94. The van der Waals surface area contributed by atoms with E-state index in [-0.39, 0.29) is 21.2 Å². The van der Waals surface area contributed by atoms with Gasteiger partial charge < -0.3 is 5.32 Å². The molecule has 21 heavy (non-hydrogen) atoms. The maximum absolute atomic E-state index is 13.7. The highest BCUT2D eigenvalue weighted by Gasteiger charge is 2.15. The third-order valence-electron chi connectivity index (χ3n) is 2.70. The summed E-state index contributed by atoms with van der Waals surface area (Å²) in [7, 11) is -1.47. The summed E-state index contributed by atoms with van der Waals surface area (Å²) in [5.41, 5.74) is -0.114. The Bertz CT molecular complexity index is 737. The highest BCUT2D eigenvalue weighted by molar-refractivity contribution is 7.84. The zero-order chi connectivity index (χ0) is 15.6. The lowest BCUT2D eigenvalue weighted by Gasteiger charge is -2.08. The van der Waals surface area contributed by atoms with Gasteiger partial charge in [-0.2, -0.15) is 0 Å². The van der Waals surface area contributed by atoms with E-state index in [2.05, 4.69) is 5.32 Å². The lowest BCUT2D eigenvalue weighted by Crippen LogP contribution is -2.14. The van der Waals surface area contributed by atoms with Crippen molar-refractivity contribution in [1.82, 2.24) is 0 Å². The smallest absolute Gasteiger partial charge is 0.258 e. The Labute approximate surface area is 127 Å². The molecule has 0 spiro atoms. The van der Waals surface area contributed by atoms with Crippen LogP contribution in [0.4, 0.5) is 14.5 Å². The molecule has 0 aliphatic rings. The Morgan fingerprint density at radius 1 is 1.24 bits per heavy atom. The summed E-state index contributed by atoms with van der Waals surface area (Å²) in [6, 6.07) is 7.73. The van der Waals surface area contributed by atoms with E-state index in [0.717, 1.165) is 6.07 Å². The SMILES string of the molecule is C[S@@](=O)c1ccc(NC(=O)c2cccc(Cl)c2F)cc1F. The van der Waals surface area contributed by atoms with Gasteiger partial charge in [0.15, 0.2) is 5.82 Å². The van der Waals surface area contributed by atoms with E-state index in [9.17, 15) is 17.8 Å². The molecule has 3 nitrogen and oxygen atoms in total. The first-order valence-corrected chi connectivity index (χ1v) is 7.72. The van der Waals surface area contributed by atoms with Crippen molar-refractivity contribution >= 4 is 34.0 Å². The van der Waals surface area contributed by atoms with Gasteiger partial charge in [-0.25, -0.2) is 8.78 Å². The van der Waals surface area contributed by atoms with Crippen LogP contribution in [0, 0.1) is 11.6 Å². The topological polar surface area (TPSA) is 46.2 Å². The summed E-state index contributed by atoms with van der Waals surface area (Å²) < 4.78 is 38.6. The van der Waals surface area contributed by atoms with Crippen molar-refractivity contribution in [1.29, 1.82) is 0 Å². The zero-order valence-electron chi connectivity index (χ0n) is 10.8. The van der Waals surface area contributed by atoms with Crippen molar-refractivity contribution < 1.29 is 17.8 Å². The fourth-order valence-corrected chi connectivity index (χ4v) is 2.46. The lowest BCUT2D eigenvalue weighted by molar-refractivity contribution is 0.102. The van der Waals surface area contributed by atoms with Gasteiger partial charge in [0.1, 0.15) is 5.82 Å². The summed E-state index contributed by atoms with van der Waals surface area (Å²) in [5, 5.41) is 2.18. The fraction of sp³-hybridized carbons (Fsp3) is 0.0714. The summed E-state index contributed by atoms with van der Waals surface area (Å²) in [4.78, 5) is 12.0. The summed E-state index contributed by atoms with van der Waals surface area (Å²) in [5.74, 6) is -2.30. The number of anilines is 1. The van der Waals surface area contributed by atoms with Crippen LogP contribution in [0.2, 0.25) is 5.02 Å². The standard InChI is InChI=1S/C14H10ClF2NO2S/c1-21(20)12-6-5-8(7-11(12)16)18-14(19)9-3-2-4-10(15)13(9)17/h2-7H,1H3,(H,18,19)/t21-/m1/s1. The minimum atomic E-state index is -1.47. The van der Waals surface area contributed by atoms with Crippen LogP contribution < -0.4 is 5.32 Å². The predicted molar refractivity (Wildman–Crippen MR) is 78.1 cm³/mol. The molecule has 1 atom stereocenters. The Morgan fingerprint density at radius 3 is 2.57 bits per heavy atom. The number of hydrogen-bond donors (Lipinski definition) is 1. The Morgan fingerprint density at radius 2 is 1.95 bits per heavy atom. The monoisotopic (exact) mass is 329 g/mol. The molecule has 1 amide bonds. The molecule has 7 heteroatoms. The summed E-state index contributed by atoms with van der Waals surface area (Å²) >= 11 is 5.59. The minimum Gasteiger partial charge on any atom is -0.322 e. The van der Waals surface area contributed by atoms with Crippen LogP contribution in [0.15, 0.2) is 41.3 Å². The van der Waals surface area contributed by atoms with Gasteiger partial charge in [0.25, 0.3) is 5.91 Å². The first-order valence-electron chi connectivity index (χ1n) is 5.78. The normalized spacial score (nSPS) is 12.0. The average Bonchev–Trinajstić information content (AvgIpc) is 2.41. The zero-order valence-corrected chi connectivity index (χ0v) is 12.4. The molecular formula is C14H10ClF2NO2S. The van der Waals surface area contributed by atoms with Crippen LogP contribution >= 0.6 is 11.6 Å². The van der Waals surface area contributed by atoms with Gasteiger partial charge in [0.05, 0.1) is 26.3 Å². The van der Waals surface area contributed by atoms with Crippen LogP contribution in [0.25, 0.3) is 0 Å². The number of hydrogen-bond acceptors (Lipinski definition) is 2. The van der Waals surface area contributed by atoms with Gasteiger partial charge in [0.2, 0.25) is 0 Å². The first-order chi connectivity index (χ1) is 9.90. The molecule has 2 rings (SSSR count). The van der Waals surface area contributed by atoms with E-state index in [0.29, 0.717) is 0 Å². The predicted octanol–water partition coefficient (Wildman–Crippen LogP) is 3.61. The van der Waals surface area contributed by atoms with E-state index in [4.69, 9.17) is 11.6 Å². The average molecular weight is 330 g/mol. The van der Waals surface area contributed by atoms with Crippen molar-refractivity contribution in [3.05, 3.63) is 58.6 Å². The maximum atomic E-state index is 13.7. The van der Waals surface area contributed by atoms with Crippen molar-refractivity contribution in [3.8, 4) is 0 Å². The second-order valence-electron chi connectivity index (χ2n) is 4.15. The molecule has 0 bridgehead atoms. The molecule has 0 fully saturated rings. The van der Waals surface area contributed by atoms with Crippen LogP contribution in [-0.2, 0) is 10.8 Å². The maximum Gasteiger partial charge on any atom is 0.258 e. The van der Waals surface area contributed by atoms with E-state index in [1.807, 2.05) is 0 Å². The van der Waals surface area contributed by atoms with Gasteiger partial charge >= 0.3 is 0 Å². The molecule has 1 N–H and O–H groups in total. The van der Waals surface area contributed by atoms with Gasteiger partial charge in [-0.15, -0.1) is 0 Å². The van der Waals surface area contributed by atoms with E-state index in [1.54, 1.807) is 0 Å². The largest absolute Gasteiger partial charge is 0.322 e. The van der Waals surface area contributed by atoms with Crippen molar-refractivity contribution in [2.45, 2.75) is 4.90 Å². The second-order valence-corrected chi connectivity index (χ2v) is 5.91. The number of carbonyl (C=O) groups excluding carboxylic acids is 1. The molecule has 0 unspecified atom stereocenters. The van der Waals surface area contributed by atoms with Gasteiger partial charge in [-0.05, 0) is 30.3 Å². The van der Waals surface area contributed by atoms with E-state index >= 15 is 0 Å². The van der Waals surface area contributed by atoms with Gasteiger partial charge in [-0.3, -0.25) is 9.00 Å². The number of halogens is 3. The molecule has 110 valence electrons. The molecular weight excluding hydrogens is 320 g/mol. The molecule has 0 heterocycles. The summed E-state index contributed by atoms with van der Waals surface area (Å²) in [6.45, 7) is 0. The molecule has 0 radical (unpaired) electrons. The highest BCUT2D eigenvalue weighted by atomic mass is 35.5. The van der Waals surface area contributed by atoms with Crippen molar-refractivity contribution in [3.63, 3.8) is 0 Å².